The molecule has 1 aliphatic carbocycles. The summed E-state index contributed by atoms with van der Waals surface area (Å²) >= 11 is 0. The minimum Gasteiger partial charge on any atom is -0.346 e. The number of rotatable bonds is 6. The lowest BCUT2D eigenvalue weighted by atomic mass is 10.2. The van der Waals surface area contributed by atoms with Gasteiger partial charge in [-0.05, 0) is 37.5 Å². The second-order valence-electron chi connectivity index (χ2n) is 6.89. The van der Waals surface area contributed by atoms with Crippen LogP contribution in [-0.2, 0) is 11.3 Å². The second kappa shape index (κ2) is 7.16. The summed E-state index contributed by atoms with van der Waals surface area (Å²) in [7, 11) is 0. The van der Waals surface area contributed by atoms with E-state index in [2.05, 4.69) is 40.2 Å². The smallest absolute Gasteiger partial charge is 0.223 e. The molecule has 1 heterocycles. The fraction of sp³-hybridized carbons (Fsp3) is 0.273. The van der Waals surface area contributed by atoms with Crippen LogP contribution >= 0.6 is 0 Å². The van der Waals surface area contributed by atoms with Crippen LogP contribution in [0.5, 0.6) is 0 Å². The molecule has 1 N–H and O–H groups in total. The van der Waals surface area contributed by atoms with Gasteiger partial charge in [-0.25, -0.2) is 4.98 Å². The molecule has 0 saturated heterocycles. The Morgan fingerprint density at radius 2 is 1.92 bits per heavy atom. The van der Waals surface area contributed by atoms with Crippen molar-refractivity contribution < 1.29 is 4.79 Å². The molecule has 0 bridgehead atoms. The highest BCUT2D eigenvalue weighted by Gasteiger charge is 2.31. The van der Waals surface area contributed by atoms with E-state index < -0.39 is 0 Å². The zero-order valence-corrected chi connectivity index (χ0v) is 14.9. The topological polar surface area (TPSA) is 46.9 Å². The zero-order valence-electron chi connectivity index (χ0n) is 14.9. The fourth-order valence-corrected chi connectivity index (χ4v) is 3.22. The fourth-order valence-electron chi connectivity index (χ4n) is 3.22. The quantitative estimate of drug-likeness (QED) is 0.722. The second-order valence-corrected chi connectivity index (χ2v) is 6.89. The van der Waals surface area contributed by atoms with Gasteiger partial charge in [0.2, 0.25) is 5.91 Å². The van der Waals surface area contributed by atoms with E-state index in [0.29, 0.717) is 6.54 Å². The SMILES string of the molecule is CC(NC(=O)C1CC1)c1nc2ccccc2n1C/C=C/c1ccccc1. The average molecular weight is 345 g/mol. The van der Waals surface area contributed by atoms with Crippen molar-refractivity contribution in [2.45, 2.75) is 32.4 Å². The molecule has 1 saturated carbocycles. The van der Waals surface area contributed by atoms with Crippen LogP contribution < -0.4 is 5.32 Å². The van der Waals surface area contributed by atoms with Crippen molar-refractivity contribution in [1.82, 2.24) is 14.9 Å². The van der Waals surface area contributed by atoms with Crippen molar-refractivity contribution in [2.75, 3.05) is 0 Å². The third-order valence-corrected chi connectivity index (χ3v) is 4.78. The lowest BCUT2D eigenvalue weighted by molar-refractivity contribution is -0.123. The van der Waals surface area contributed by atoms with Gasteiger partial charge < -0.3 is 9.88 Å². The normalized spacial score (nSPS) is 15.4. The molecular weight excluding hydrogens is 322 g/mol. The summed E-state index contributed by atoms with van der Waals surface area (Å²) in [4.78, 5) is 16.9. The monoisotopic (exact) mass is 345 g/mol. The first-order valence-corrected chi connectivity index (χ1v) is 9.19. The van der Waals surface area contributed by atoms with E-state index in [-0.39, 0.29) is 17.9 Å². The van der Waals surface area contributed by atoms with Gasteiger partial charge in [0.25, 0.3) is 0 Å². The maximum Gasteiger partial charge on any atom is 0.223 e. The van der Waals surface area contributed by atoms with Gasteiger partial charge in [0.05, 0.1) is 17.1 Å². The van der Waals surface area contributed by atoms with Crippen LogP contribution in [-0.4, -0.2) is 15.5 Å². The van der Waals surface area contributed by atoms with Gasteiger partial charge >= 0.3 is 0 Å². The Morgan fingerprint density at radius 3 is 2.69 bits per heavy atom. The molecule has 1 aliphatic rings. The number of aromatic nitrogens is 2. The Bertz CT molecular complexity index is 938. The molecule has 1 atom stereocenters. The van der Waals surface area contributed by atoms with E-state index in [1.54, 1.807) is 0 Å². The summed E-state index contributed by atoms with van der Waals surface area (Å²) in [6.07, 6.45) is 6.28. The van der Waals surface area contributed by atoms with E-state index in [4.69, 9.17) is 4.98 Å². The van der Waals surface area contributed by atoms with E-state index in [9.17, 15) is 4.79 Å². The minimum absolute atomic E-state index is 0.111. The molecule has 4 heteroatoms. The highest BCUT2D eigenvalue weighted by molar-refractivity contribution is 5.81. The molecule has 26 heavy (non-hydrogen) atoms. The van der Waals surface area contributed by atoms with E-state index in [0.717, 1.165) is 29.7 Å². The summed E-state index contributed by atoms with van der Waals surface area (Å²) in [5, 5.41) is 3.12. The number of hydrogen-bond acceptors (Lipinski definition) is 2. The maximum absolute atomic E-state index is 12.2. The Hall–Kier alpha value is -2.88. The van der Waals surface area contributed by atoms with Crippen molar-refractivity contribution >= 4 is 23.0 Å². The molecule has 0 radical (unpaired) electrons. The summed E-state index contributed by atoms with van der Waals surface area (Å²) in [6.45, 7) is 2.73. The Kier molecular flexibility index (Phi) is 4.57. The highest BCUT2D eigenvalue weighted by Crippen LogP contribution is 2.30. The number of carbonyl (C=O) groups is 1. The standard InChI is InChI=1S/C22H23N3O/c1-16(23-22(26)18-13-14-18)21-24-19-11-5-6-12-20(19)25(21)15-7-10-17-8-3-2-4-9-17/h2-12,16,18H,13-15H2,1H3,(H,23,26)/b10-7+. The van der Waals surface area contributed by atoms with Gasteiger partial charge in [0, 0.05) is 12.5 Å². The van der Waals surface area contributed by atoms with Crippen LogP contribution in [0.4, 0.5) is 0 Å². The summed E-state index contributed by atoms with van der Waals surface area (Å²) in [6, 6.07) is 18.3. The van der Waals surface area contributed by atoms with E-state index in [1.165, 1.54) is 5.56 Å². The van der Waals surface area contributed by atoms with Gasteiger partial charge in [-0.2, -0.15) is 0 Å². The van der Waals surface area contributed by atoms with Crippen molar-refractivity contribution in [3.05, 3.63) is 72.1 Å². The molecule has 0 aliphatic heterocycles. The maximum atomic E-state index is 12.2. The molecule has 132 valence electrons. The Balaban J connectivity index is 1.60. The van der Waals surface area contributed by atoms with Crippen LogP contribution in [0.25, 0.3) is 17.1 Å². The number of benzene rings is 2. The van der Waals surface area contributed by atoms with Gasteiger partial charge in [0.15, 0.2) is 0 Å². The molecule has 3 aromatic rings. The molecule has 1 unspecified atom stereocenters. The van der Waals surface area contributed by atoms with Gasteiger partial charge in [-0.15, -0.1) is 0 Å². The van der Waals surface area contributed by atoms with Crippen molar-refractivity contribution in [1.29, 1.82) is 0 Å². The van der Waals surface area contributed by atoms with Crippen LogP contribution in [0.3, 0.4) is 0 Å². The van der Waals surface area contributed by atoms with Crippen LogP contribution in [0, 0.1) is 5.92 Å². The van der Waals surface area contributed by atoms with Gasteiger partial charge in [-0.1, -0.05) is 54.6 Å². The third-order valence-electron chi connectivity index (χ3n) is 4.78. The Morgan fingerprint density at radius 1 is 1.19 bits per heavy atom. The molecule has 1 aromatic heterocycles. The largest absolute Gasteiger partial charge is 0.346 e. The number of fused-ring (bicyclic) bond motifs is 1. The van der Waals surface area contributed by atoms with Gasteiger partial charge in [0.1, 0.15) is 5.82 Å². The highest BCUT2D eigenvalue weighted by atomic mass is 16.2. The third kappa shape index (κ3) is 3.54. The molecule has 4 rings (SSSR count). The number of carbonyl (C=O) groups excluding carboxylic acids is 1. The number of nitrogens with one attached hydrogen (secondary N) is 1. The number of hydrogen-bond donors (Lipinski definition) is 1. The number of allylic oxidation sites excluding steroid dienone is 1. The lowest BCUT2D eigenvalue weighted by Gasteiger charge is -2.15. The number of para-hydroxylation sites is 2. The van der Waals surface area contributed by atoms with Crippen molar-refractivity contribution in [2.24, 2.45) is 5.92 Å². The summed E-state index contributed by atoms with van der Waals surface area (Å²) in [5.41, 5.74) is 3.23. The molecule has 1 fully saturated rings. The Labute approximate surface area is 153 Å². The summed E-state index contributed by atoms with van der Waals surface area (Å²) in [5.74, 6) is 1.25. The van der Waals surface area contributed by atoms with Crippen LogP contribution in [0.15, 0.2) is 60.7 Å². The zero-order chi connectivity index (χ0) is 17.9. The van der Waals surface area contributed by atoms with Crippen molar-refractivity contribution in [3.63, 3.8) is 0 Å². The minimum atomic E-state index is -0.111. The molecule has 2 aromatic carbocycles. The first-order valence-electron chi connectivity index (χ1n) is 9.19. The van der Waals surface area contributed by atoms with Crippen molar-refractivity contribution in [3.8, 4) is 0 Å². The van der Waals surface area contributed by atoms with Crippen LogP contribution in [0.1, 0.15) is 37.2 Å². The predicted octanol–water partition coefficient (Wildman–Crippen LogP) is 4.34. The predicted molar refractivity (Wildman–Crippen MR) is 104 cm³/mol. The number of imidazole rings is 1. The first-order chi connectivity index (χ1) is 12.7. The first kappa shape index (κ1) is 16.6. The average Bonchev–Trinajstić information content (AvgIpc) is 3.45. The molecule has 0 spiro atoms. The van der Waals surface area contributed by atoms with Gasteiger partial charge in [-0.3, -0.25) is 4.79 Å². The van der Waals surface area contributed by atoms with E-state index in [1.807, 2.05) is 43.3 Å². The molecule has 4 nitrogen and oxygen atoms in total. The summed E-state index contributed by atoms with van der Waals surface area (Å²) < 4.78 is 2.19. The van der Waals surface area contributed by atoms with E-state index >= 15 is 0 Å². The lowest BCUT2D eigenvalue weighted by Crippen LogP contribution is -2.29. The number of nitrogens with zero attached hydrogens (tertiary/aromatic N) is 2. The van der Waals surface area contributed by atoms with Crippen LogP contribution in [0.2, 0.25) is 0 Å². The molecular formula is C22H23N3O. The molecule has 1 amide bonds. The number of amides is 1.